The number of nitrogens with zero attached hydrogens (tertiary/aromatic N) is 3. The summed E-state index contributed by atoms with van der Waals surface area (Å²) in [6, 6.07) is -0.0270. The number of aliphatic hydroxyl groups is 1. The van der Waals surface area contributed by atoms with E-state index in [0.717, 1.165) is 5.01 Å². The summed E-state index contributed by atoms with van der Waals surface area (Å²) in [7, 11) is 1.89. The molecule has 2 fully saturated rings. The molecule has 1 saturated heterocycles. The van der Waals surface area contributed by atoms with Crippen LogP contribution in [0.25, 0.3) is 0 Å². The minimum atomic E-state index is -0.470. The Morgan fingerprint density at radius 2 is 2.29 bits per heavy atom. The van der Waals surface area contributed by atoms with Crippen LogP contribution in [0.2, 0.25) is 0 Å². The lowest BCUT2D eigenvalue weighted by Gasteiger charge is -2.24. The van der Waals surface area contributed by atoms with Gasteiger partial charge in [0.15, 0.2) is 0 Å². The van der Waals surface area contributed by atoms with E-state index in [4.69, 9.17) is 4.74 Å². The standard InChI is InChI=1S/C13H20N4O3S/c1-17(9-6-20-7-10(9)18)5-4-11(19)14-13-16-15-12(21-13)8-2-3-8/h8-10,18H,2-7H2,1H3,(H,14,16,19)/t9-,10-/m1/s1. The van der Waals surface area contributed by atoms with Crippen molar-refractivity contribution in [3.05, 3.63) is 5.01 Å². The minimum absolute atomic E-state index is 0.0270. The van der Waals surface area contributed by atoms with E-state index < -0.39 is 6.10 Å². The Kier molecular flexibility index (Phi) is 4.48. The number of hydrogen-bond acceptors (Lipinski definition) is 7. The lowest BCUT2D eigenvalue weighted by Crippen LogP contribution is -2.41. The molecule has 21 heavy (non-hydrogen) atoms. The van der Waals surface area contributed by atoms with Crippen molar-refractivity contribution in [2.24, 2.45) is 0 Å². The van der Waals surface area contributed by atoms with Crippen LogP contribution in [0.15, 0.2) is 0 Å². The summed E-state index contributed by atoms with van der Waals surface area (Å²) in [6.07, 6.45) is 2.25. The first-order valence-electron chi connectivity index (χ1n) is 7.23. The third-order valence-corrected chi connectivity index (χ3v) is 4.89. The SMILES string of the molecule is CN(CCC(=O)Nc1nnc(C2CC2)s1)[C@@H]1COC[C@H]1O. The average Bonchev–Trinajstić information content (AvgIpc) is 3.06. The summed E-state index contributed by atoms with van der Waals surface area (Å²) in [5.41, 5.74) is 0. The van der Waals surface area contributed by atoms with Crippen molar-refractivity contribution < 1.29 is 14.6 Å². The quantitative estimate of drug-likeness (QED) is 0.792. The van der Waals surface area contributed by atoms with Crippen molar-refractivity contribution >= 4 is 22.4 Å². The number of nitrogens with one attached hydrogen (secondary N) is 1. The third-order valence-electron chi connectivity index (χ3n) is 3.89. The number of carbonyl (C=O) groups is 1. The maximum atomic E-state index is 11.9. The maximum absolute atomic E-state index is 11.9. The van der Waals surface area contributed by atoms with E-state index in [1.165, 1.54) is 24.2 Å². The Hall–Kier alpha value is -1.09. The van der Waals surface area contributed by atoms with Gasteiger partial charge in [-0.15, -0.1) is 10.2 Å². The number of hydrogen-bond donors (Lipinski definition) is 2. The number of rotatable bonds is 6. The number of anilines is 1. The first-order valence-corrected chi connectivity index (χ1v) is 8.04. The van der Waals surface area contributed by atoms with Gasteiger partial charge in [-0.05, 0) is 19.9 Å². The molecule has 116 valence electrons. The highest BCUT2D eigenvalue weighted by Gasteiger charge is 2.30. The lowest BCUT2D eigenvalue weighted by atomic mass is 10.2. The zero-order chi connectivity index (χ0) is 14.8. The van der Waals surface area contributed by atoms with E-state index in [0.29, 0.717) is 37.2 Å². The van der Waals surface area contributed by atoms with Crippen molar-refractivity contribution in [3.63, 3.8) is 0 Å². The molecule has 1 amide bonds. The molecule has 2 heterocycles. The number of amides is 1. The normalized spacial score (nSPS) is 25.5. The molecule has 7 nitrogen and oxygen atoms in total. The smallest absolute Gasteiger partial charge is 0.227 e. The molecule has 3 rings (SSSR count). The largest absolute Gasteiger partial charge is 0.389 e. The fourth-order valence-corrected chi connectivity index (χ4v) is 3.29. The van der Waals surface area contributed by atoms with Crippen LogP contribution in [-0.2, 0) is 9.53 Å². The second-order valence-corrected chi connectivity index (χ2v) is 6.68. The van der Waals surface area contributed by atoms with Gasteiger partial charge in [0.05, 0.1) is 25.4 Å². The predicted molar refractivity (Wildman–Crippen MR) is 78.4 cm³/mol. The van der Waals surface area contributed by atoms with Gasteiger partial charge in [-0.2, -0.15) is 0 Å². The molecule has 2 N–H and O–H groups in total. The highest BCUT2D eigenvalue weighted by Crippen LogP contribution is 2.42. The Balaban J connectivity index is 1.43. The molecular weight excluding hydrogens is 292 g/mol. The number of ether oxygens (including phenoxy) is 1. The van der Waals surface area contributed by atoms with Gasteiger partial charge in [-0.1, -0.05) is 11.3 Å². The zero-order valence-electron chi connectivity index (χ0n) is 12.0. The van der Waals surface area contributed by atoms with Crippen LogP contribution in [0.4, 0.5) is 5.13 Å². The molecule has 2 atom stereocenters. The Morgan fingerprint density at radius 1 is 1.48 bits per heavy atom. The molecular formula is C13H20N4O3S. The van der Waals surface area contributed by atoms with Crippen molar-refractivity contribution in [1.82, 2.24) is 15.1 Å². The van der Waals surface area contributed by atoms with Crippen LogP contribution in [0, 0.1) is 0 Å². The summed E-state index contributed by atoms with van der Waals surface area (Å²) in [6.45, 7) is 1.46. The molecule has 0 spiro atoms. The van der Waals surface area contributed by atoms with Gasteiger partial charge < -0.3 is 15.2 Å². The number of likely N-dealkylation sites (N-methyl/N-ethyl adjacent to an activating group) is 1. The molecule has 0 aromatic carbocycles. The predicted octanol–water partition coefficient (Wildman–Crippen LogP) is 0.436. The second-order valence-electron chi connectivity index (χ2n) is 5.67. The van der Waals surface area contributed by atoms with E-state index in [1.807, 2.05) is 11.9 Å². The number of aromatic nitrogens is 2. The minimum Gasteiger partial charge on any atom is -0.389 e. The maximum Gasteiger partial charge on any atom is 0.227 e. The molecule has 2 aliphatic rings. The van der Waals surface area contributed by atoms with Crippen molar-refractivity contribution in [3.8, 4) is 0 Å². The molecule has 1 aliphatic heterocycles. The Morgan fingerprint density at radius 3 is 2.95 bits per heavy atom. The number of aliphatic hydroxyl groups excluding tert-OH is 1. The van der Waals surface area contributed by atoms with Crippen LogP contribution in [0.5, 0.6) is 0 Å². The third kappa shape index (κ3) is 3.76. The molecule has 0 bridgehead atoms. The summed E-state index contributed by atoms with van der Waals surface area (Å²) >= 11 is 1.46. The van der Waals surface area contributed by atoms with E-state index in [2.05, 4.69) is 15.5 Å². The fourth-order valence-electron chi connectivity index (χ4n) is 2.36. The molecule has 1 aromatic rings. The molecule has 0 unspecified atom stereocenters. The summed E-state index contributed by atoms with van der Waals surface area (Å²) < 4.78 is 5.22. The second kappa shape index (κ2) is 6.35. The Bertz CT molecular complexity index is 505. The summed E-state index contributed by atoms with van der Waals surface area (Å²) in [5, 5.41) is 22.2. The molecule has 8 heteroatoms. The van der Waals surface area contributed by atoms with Crippen LogP contribution < -0.4 is 5.32 Å². The molecule has 0 radical (unpaired) electrons. The van der Waals surface area contributed by atoms with Gasteiger partial charge in [0, 0.05) is 18.9 Å². The highest BCUT2D eigenvalue weighted by atomic mass is 32.1. The van der Waals surface area contributed by atoms with E-state index in [-0.39, 0.29) is 11.9 Å². The monoisotopic (exact) mass is 312 g/mol. The topological polar surface area (TPSA) is 87.6 Å². The highest BCUT2D eigenvalue weighted by molar-refractivity contribution is 7.15. The lowest BCUT2D eigenvalue weighted by molar-refractivity contribution is -0.116. The van der Waals surface area contributed by atoms with Crippen LogP contribution >= 0.6 is 11.3 Å². The summed E-state index contributed by atoms with van der Waals surface area (Å²) in [5.74, 6) is 0.483. The van der Waals surface area contributed by atoms with E-state index in [1.54, 1.807) is 0 Å². The van der Waals surface area contributed by atoms with Gasteiger partial charge in [-0.3, -0.25) is 9.69 Å². The van der Waals surface area contributed by atoms with Gasteiger partial charge in [-0.25, -0.2) is 0 Å². The molecule has 1 aliphatic carbocycles. The van der Waals surface area contributed by atoms with Gasteiger partial charge >= 0.3 is 0 Å². The fraction of sp³-hybridized carbons (Fsp3) is 0.769. The number of carbonyl (C=O) groups excluding carboxylic acids is 1. The first kappa shape index (κ1) is 14.8. The van der Waals surface area contributed by atoms with Crippen molar-refractivity contribution in [2.75, 3.05) is 32.1 Å². The molecule has 1 saturated carbocycles. The van der Waals surface area contributed by atoms with Gasteiger partial charge in [0.25, 0.3) is 0 Å². The van der Waals surface area contributed by atoms with Crippen molar-refractivity contribution in [1.29, 1.82) is 0 Å². The van der Waals surface area contributed by atoms with Gasteiger partial charge in [0.2, 0.25) is 11.0 Å². The first-order chi connectivity index (χ1) is 10.1. The van der Waals surface area contributed by atoms with E-state index in [9.17, 15) is 9.90 Å². The van der Waals surface area contributed by atoms with Crippen LogP contribution in [0.1, 0.15) is 30.2 Å². The average molecular weight is 312 g/mol. The van der Waals surface area contributed by atoms with Gasteiger partial charge in [0.1, 0.15) is 5.01 Å². The van der Waals surface area contributed by atoms with E-state index >= 15 is 0 Å². The zero-order valence-corrected chi connectivity index (χ0v) is 12.8. The Labute approximate surface area is 127 Å². The summed E-state index contributed by atoms with van der Waals surface area (Å²) in [4.78, 5) is 13.9. The van der Waals surface area contributed by atoms with Crippen LogP contribution in [0.3, 0.4) is 0 Å². The molecule has 1 aromatic heterocycles. The van der Waals surface area contributed by atoms with Crippen LogP contribution in [-0.4, -0.2) is 65.1 Å². The van der Waals surface area contributed by atoms with Crippen molar-refractivity contribution in [2.45, 2.75) is 37.3 Å².